The second kappa shape index (κ2) is 4.16. The molecule has 2 aromatic rings. The highest BCUT2D eigenvalue weighted by Crippen LogP contribution is 2.29. The van der Waals surface area contributed by atoms with Gasteiger partial charge in [-0.3, -0.25) is 5.10 Å². The zero-order valence-electron chi connectivity index (χ0n) is 10.2. The maximum absolute atomic E-state index is 5.19. The lowest BCUT2D eigenvalue weighted by atomic mass is 9.93. The summed E-state index contributed by atoms with van der Waals surface area (Å²) in [6.07, 6.45) is 0. The van der Waals surface area contributed by atoms with Crippen molar-refractivity contribution in [2.75, 3.05) is 7.11 Å². The lowest BCUT2D eigenvalue weighted by Crippen LogP contribution is -2.02. The average molecular weight is 218 g/mol. The fourth-order valence-electron chi connectivity index (χ4n) is 1.82. The summed E-state index contributed by atoms with van der Waals surface area (Å²) in [6, 6.07) is 6.02. The number of benzene rings is 1. The van der Waals surface area contributed by atoms with Gasteiger partial charge in [0.1, 0.15) is 5.75 Å². The lowest BCUT2D eigenvalue weighted by molar-refractivity contribution is 0.415. The predicted octanol–water partition coefficient (Wildman–Crippen LogP) is 3.33. The van der Waals surface area contributed by atoms with Gasteiger partial charge in [0.05, 0.1) is 12.6 Å². The Bertz CT molecular complexity index is 488. The number of nitrogens with zero attached hydrogens (tertiary/aromatic N) is 1. The number of nitrogens with one attached hydrogen (secondary N) is 1. The highest BCUT2D eigenvalue weighted by atomic mass is 16.5. The third kappa shape index (κ3) is 1.77. The van der Waals surface area contributed by atoms with Crippen molar-refractivity contribution in [3.63, 3.8) is 0 Å². The monoisotopic (exact) mass is 218 g/mol. The van der Waals surface area contributed by atoms with Crippen LogP contribution in [0.1, 0.15) is 32.4 Å². The van der Waals surface area contributed by atoms with Crippen molar-refractivity contribution in [3.05, 3.63) is 23.9 Å². The first-order valence-corrected chi connectivity index (χ1v) is 5.65. The first kappa shape index (κ1) is 11.0. The van der Waals surface area contributed by atoms with Crippen LogP contribution in [0.25, 0.3) is 10.9 Å². The number of fused-ring (bicyclic) bond motifs is 1. The number of aromatic nitrogens is 2. The van der Waals surface area contributed by atoms with Gasteiger partial charge in [-0.2, -0.15) is 5.10 Å². The van der Waals surface area contributed by atoms with Crippen LogP contribution in [-0.4, -0.2) is 17.3 Å². The van der Waals surface area contributed by atoms with E-state index in [9.17, 15) is 0 Å². The minimum atomic E-state index is 0.485. The Labute approximate surface area is 95.8 Å². The van der Waals surface area contributed by atoms with Crippen molar-refractivity contribution in [1.82, 2.24) is 10.2 Å². The molecule has 0 bridgehead atoms. The highest BCUT2D eigenvalue weighted by Gasteiger charge is 2.15. The number of rotatable bonds is 3. The molecule has 0 amide bonds. The van der Waals surface area contributed by atoms with Crippen molar-refractivity contribution in [2.45, 2.75) is 26.7 Å². The Morgan fingerprint density at radius 2 is 2.00 bits per heavy atom. The summed E-state index contributed by atoms with van der Waals surface area (Å²) in [5, 5.41) is 8.66. The van der Waals surface area contributed by atoms with Gasteiger partial charge in [0.25, 0.3) is 0 Å². The molecule has 0 aliphatic rings. The number of hydrogen-bond acceptors (Lipinski definition) is 2. The Morgan fingerprint density at radius 3 is 2.62 bits per heavy atom. The van der Waals surface area contributed by atoms with E-state index in [4.69, 9.17) is 4.74 Å². The molecule has 1 aromatic heterocycles. The second-order valence-corrected chi connectivity index (χ2v) is 4.55. The second-order valence-electron chi connectivity index (χ2n) is 4.55. The van der Waals surface area contributed by atoms with Crippen LogP contribution in [-0.2, 0) is 0 Å². The first-order chi connectivity index (χ1) is 7.63. The van der Waals surface area contributed by atoms with E-state index in [0.717, 1.165) is 11.3 Å². The van der Waals surface area contributed by atoms with E-state index in [0.29, 0.717) is 11.8 Å². The van der Waals surface area contributed by atoms with Gasteiger partial charge in [0.15, 0.2) is 0 Å². The molecule has 16 heavy (non-hydrogen) atoms. The summed E-state index contributed by atoms with van der Waals surface area (Å²) in [7, 11) is 1.67. The van der Waals surface area contributed by atoms with Gasteiger partial charge in [-0.1, -0.05) is 20.8 Å². The number of methoxy groups -OCH3 is 1. The van der Waals surface area contributed by atoms with Gasteiger partial charge < -0.3 is 4.74 Å². The number of hydrogen-bond donors (Lipinski definition) is 1. The smallest absolute Gasteiger partial charge is 0.121 e. The molecule has 0 saturated carbocycles. The number of H-pyrrole nitrogens is 1. The van der Waals surface area contributed by atoms with Crippen molar-refractivity contribution in [2.24, 2.45) is 5.92 Å². The van der Waals surface area contributed by atoms with Crippen LogP contribution in [0.5, 0.6) is 5.75 Å². The Balaban J connectivity index is 2.49. The Morgan fingerprint density at radius 1 is 1.25 bits per heavy atom. The molecule has 1 N–H and O–H groups in total. The molecule has 1 heterocycles. The van der Waals surface area contributed by atoms with Gasteiger partial charge in [-0.15, -0.1) is 0 Å². The van der Waals surface area contributed by atoms with Crippen LogP contribution in [0.4, 0.5) is 0 Å². The SMILES string of the molecule is COc1ccc2c(C(C)C(C)C)[nH]nc2c1. The maximum Gasteiger partial charge on any atom is 0.121 e. The predicted molar refractivity (Wildman–Crippen MR) is 65.9 cm³/mol. The van der Waals surface area contributed by atoms with Crippen molar-refractivity contribution in [3.8, 4) is 5.75 Å². The normalized spacial score (nSPS) is 13.3. The zero-order chi connectivity index (χ0) is 11.7. The summed E-state index contributed by atoms with van der Waals surface area (Å²) in [5.74, 6) is 1.94. The number of ether oxygens (including phenoxy) is 1. The van der Waals surface area contributed by atoms with Gasteiger partial charge in [0.2, 0.25) is 0 Å². The van der Waals surface area contributed by atoms with Crippen molar-refractivity contribution >= 4 is 10.9 Å². The maximum atomic E-state index is 5.19. The largest absolute Gasteiger partial charge is 0.497 e. The molecular formula is C13H18N2O. The molecule has 0 aliphatic carbocycles. The van der Waals surface area contributed by atoms with Gasteiger partial charge in [-0.05, 0) is 18.1 Å². The van der Waals surface area contributed by atoms with Crippen LogP contribution >= 0.6 is 0 Å². The van der Waals surface area contributed by atoms with Crippen LogP contribution in [0.2, 0.25) is 0 Å². The quantitative estimate of drug-likeness (QED) is 0.858. The molecule has 1 unspecified atom stereocenters. The van der Waals surface area contributed by atoms with Crippen LogP contribution < -0.4 is 4.74 Å². The Kier molecular flexibility index (Phi) is 2.86. The molecule has 0 saturated heterocycles. The molecule has 0 radical (unpaired) electrons. The summed E-state index contributed by atoms with van der Waals surface area (Å²) >= 11 is 0. The van der Waals surface area contributed by atoms with Crippen molar-refractivity contribution < 1.29 is 4.74 Å². The van der Waals surface area contributed by atoms with E-state index in [-0.39, 0.29) is 0 Å². The molecular weight excluding hydrogens is 200 g/mol. The third-order valence-corrected chi connectivity index (χ3v) is 3.25. The zero-order valence-corrected chi connectivity index (χ0v) is 10.2. The van der Waals surface area contributed by atoms with Gasteiger partial charge >= 0.3 is 0 Å². The van der Waals surface area contributed by atoms with Crippen molar-refractivity contribution in [1.29, 1.82) is 0 Å². The number of aromatic amines is 1. The average Bonchev–Trinajstić information content (AvgIpc) is 2.70. The van der Waals surface area contributed by atoms with E-state index in [1.807, 2.05) is 12.1 Å². The van der Waals surface area contributed by atoms with Gasteiger partial charge in [0, 0.05) is 23.1 Å². The molecule has 0 spiro atoms. The summed E-state index contributed by atoms with van der Waals surface area (Å²) in [4.78, 5) is 0. The van der Waals surface area contributed by atoms with Crippen LogP contribution in [0, 0.1) is 5.92 Å². The molecule has 0 aliphatic heterocycles. The topological polar surface area (TPSA) is 37.9 Å². The molecule has 1 aromatic carbocycles. The summed E-state index contributed by atoms with van der Waals surface area (Å²) in [5.41, 5.74) is 2.19. The van der Waals surface area contributed by atoms with E-state index >= 15 is 0 Å². The minimum absolute atomic E-state index is 0.485. The molecule has 86 valence electrons. The van der Waals surface area contributed by atoms with E-state index in [1.165, 1.54) is 11.1 Å². The molecule has 3 heteroatoms. The minimum Gasteiger partial charge on any atom is -0.497 e. The Hall–Kier alpha value is -1.51. The standard InChI is InChI=1S/C13H18N2O/c1-8(2)9(3)13-11-6-5-10(16-4)7-12(11)14-15-13/h5-9H,1-4H3,(H,14,15). The lowest BCUT2D eigenvalue weighted by Gasteiger charge is -2.13. The summed E-state index contributed by atoms with van der Waals surface area (Å²) in [6.45, 7) is 6.67. The molecule has 3 nitrogen and oxygen atoms in total. The van der Waals surface area contributed by atoms with E-state index in [2.05, 4.69) is 37.0 Å². The molecule has 1 atom stereocenters. The highest BCUT2D eigenvalue weighted by molar-refractivity contribution is 5.83. The van der Waals surface area contributed by atoms with E-state index < -0.39 is 0 Å². The third-order valence-electron chi connectivity index (χ3n) is 3.25. The molecule has 2 rings (SSSR count). The first-order valence-electron chi connectivity index (χ1n) is 5.65. The van der Waals surface area contributed by atoms with Gasteiger partial charge in [-0.25, -0.2) is 0 Å². The summed E-state index contributed by atoms with van der Waals surface area (Å²) < 4.78 is 5.19. The van der Waals surface area contributed by atoms with Crippen LogP contribution in [0.15, 0.2) is 18.2 Å². The van der Waals surface area contributed by atoms with E-state index in [1.54, 1.807) is 7.11 Å². The fraction of sp³-hybridized carbons (Fsp3) is 0.462. The molecule has 0 fully saturated rings. The van der Waals surface area contributed by atoms with Crippen LogP contribution in [0.3, 0.4) is 0 Å². The fourth-order valence-corrected chi connectivity index (χ4v) is 1.82.